The highest BCUT2D eigenvalue weighted by Crippen LogP contribution is 2.35. The highest BCUT2D eigenvalue weighted by molar-refractivity contribution is 6.14. The molecule has 0 radical (unpaired) electrons. The lowest BCUT2D eigenvalue weighted by atomic mass is 10.1. The molecule has 3 aromatic rings. The van der Waals surface area contributed by atoms with Crippen LogP contribution >= 0.6 is 0 Å². The second-order valence-corrected chi connectivity index (χ2v) is 5.67. The van der Waals surface area contributed by atoms with Crippen LogP contribution in [0, 0.1) is 0 Å². The Morgan fingerprint density at radius 2 is 1.81 bits per heavy atom. The van der Waals surface area contributed by atoms with Gasteiger partial charge in [0.25, 0.3) is 5.91 Å². The molecule has 0 bridgehead atoms. The van der Waals surface area contributed by atoms with Crippen LogP contribution in [0.1, 0.15) is 33.3 Å². The van der Waals surface area contributed by atoms with Crippen LogP contribution in [0.25, 0.3) is 10.9 Å². The first-order valence-electron chi connectivity index (χ1n) is 8.07. The minimum Gasteiger partial charge on any atom is -0.461 e. The first kappa shape index (κ1) is 18.5. The third kappa shape index (κ3) is 3.79. The predicted octanol–water partition coefficient (Wildman–Crippen LogP) is 4.62. The molecule has 27 heavy (non-hydrogen) atoms. The van der Waals surface area contributed by atoms with Crippen molar-refractivity contribution in [1.82, 2.24) is 4.98 Å². The topological polar surface area (TPSA) is 71.2 Å². The zero-order valence-corrected chi connectivity index (χ0v) is 14.2. The monoisotopic (exact) mass is 376 g/mol. The number of aromatic nitrogens is 1. The number of aromatic amines is 1. The number of esters is 1. The minimum atomic E-state index is -4.56. The number of carbonyl (C=O) groups excluding carboxylic acids is 2. The van der Waals surface area contributed by atoms with E-state index in [1.54, 1.807) is 37.3 Å². The van der Waals surface area contributed by atoms with Crippen molar-refractivity contribution in [2.45, 2.75) is 13.1 Å². The van der Waals surface area contributed by atoms with Crippen LogP contribution in [0.5, 0.6) is 0 Å². The first-order chi connectivity index (χ1) is 12.8. The van der Waals surface area contributed by atoms with E-state index in [1.165, 1.54) is 6.07 Å². The second kappa shape index (κ2) is 7.14. The van der Waals surface area contributed by atoms with Crippen molar-refractivity contribution in [1.29, 1.82) is 0 Å². The number of hydrogen-bond acceptors (Lipinski definition) is 3. The van der Waals surface area contributed by atoms with Crippen molar-refractivity contribution in [3.05, 3.63) is 65.4 Å². The van der Waals surface area contributed by atoms with Crippen LogP contribution in [0.15, 0.2) is 48.5 Å². The van der Waals surface area contributed by atoms with Gasteiger partial charge in [0.2, 0.25) is 0 Å². The number of rotatable bonds is 4. The molecule has 0 saturated carbocycles. The minimum absolute atomic E-state index is 0.0524. The molecule has 3 rings (SSSR count). The maximum Gasteiger partial charge on any atom is 0.416 e. The summed E-state index contributed by atoms with van der Waals surface area (Å²) in [6.45, 7) is 1.68. The number of amides is 1. The second-order valence-electron chi connectivity index (χ2n) is 5.67. The number of fused-ring (bicyclic) bond motifs is 1. The predicted molar refractivity (Wildman–Crippen MR) is 93.7 cm³/mol. The molecule has 0 aliphatic heterocycles. The first-order valence-corrected chi connectivity index (χ1v) is 8.07. The van der Waals surface area contributed by atoms with Crippen molar-refractivity contribution < 1.29 is 27.5 Å². The molecule has 0 fully saturated rings. The molecule has 1 heterocycles. The summed E-state index contributed by atoms with van der Waals surface area (Å²) >= 11 is 0. The van der Waals surface area contributed by atoms with Crippen LogP contribution in [0.3, 0.4) is 0 Å². The number of ether oxygens (including phenoxy) is 1. The van der Waals surface area contributed by atoms with Gasteiger partial charge in [0.1, 0.15) is 5.69 Å². The van der Waals surface area contributed by atoms with E-state index in [0.29, 0.717) is 5.56 Å². The van der Waals surface area contributed by atoms with Crippen molar-refractivity contribution in [2.24, 2.45) is 0 Å². The number of hydrogen-bond donors (Lipinski definition) is 2. The van der Waals surface area contributed by atoms with E-state index in [2.05, 4.69) is 10.3 Å². The lowest BCUT2D eigenvalue weighted by Crippen LogP contribution is -2.15. The number of benzene rings is 2. The van der Waals surface area contributed by atoms with Crippen molar-refractivity contribution >= 4 is 28.5 Å². The molecule has 0 aliphatic rings. The SMILES string of the molecule is CCOC(=O)c1[nH]c2ccc(C(F)(F)F)cc2c1NC(=O)c1ccccc1. The molecule has 0 unspecified atom stereocenters. The summed E-state index contributed by atoms with van der Waals surface area (Å²) < 4.78 is 44.2. The Balaban J connectivity index is 2.12. The van der Waals surface area contributed by atoms with Crippen LogP contribution in [-0.4, -0.2) is 23.5 Å². The van der Waals surface area contributed by atoms with Crippen LogP contribution in [0.2, 0.25) is 0 Å². The standard InChI is InChI=1S/C19H15F3N2O3/c1-2-27-18(26)16-15(24-17(25)11-6-4-3-5-7-11)13-10-12(19(20,21)22)8-9-14(13)23-16/h3-10,23H,2H2,1H3,(H,24,25). The Labute approximate surface area is 152 Å². The smallest absolute Gasteiger partial charge is 0.416 e. The van der Waals surface area contributed by atoms with Gasteiger partial charge in [0.05, 0.1) is 17.9 Å². The lowest BCUT2D eigenvalue weighted by Gasteiger charge is -2.09. The molecular formula is C19H15F3N2O3. The Bertz CT molecular complexity index is 995. The summed E-state index contributed by atoms with van der Waals surface area (Å²) in [6.07, 6.45) is -4.56. The summed E-state index contributed by atoms with van der Waals surface area (Å²) in [6, 6.07) is 11.1. The van der Waals surface area contributed by atoms with Gasteiger partial charge in [0.15, 0.2) is 0 Å². The Hall–Kier alpha value is -3.29. The van der Waals surface area contributed by atoms with Crippen molar-refractivity contribution in [2.75, 3.05) is 11.9 Å². The van der Waals surface area contributed by atoms with Crippen LogP contribution in [0.4, 0.5) is 18.9 Å². The number of anilines is 1. The molecule has 1 aromatic heterocycles. The number of alkyl halides is 3. The number of H-pyrrole nitrogens is 1. The summed E-state index contributed by atoms with van der Waals surface area (Å²) in [5, 5.41) is 2.60. The fraction of sp³-hybridized carbons (Fsp3) is 0.158. The van der Waals surface area contributed by atoms with Gasteiger partial charge in [-0.2, -0.15) is 13.2 Å². The van der Waals surface area contributed by atoms with E-state index < -0.39 is 23.6 Å². The molecule has 1 amide bonds. The Kier molecular flexibility index (Phi) is 4.89. The van der Waals surface area contributed by atoms with Gasteiger partial charge in [-0.15, -0.1) is 0 Å². The number of halogens is 3. The summed E-state index contributed by atoms with van der Waals surface area (Å²) in [7, 11) is 0. The van der Waals surface area contributed by atoms with Gasteiger partial charge in [-0.05, 0) is 37.3 Å². The van der Waals surface area contributed by atoms with Gasteiger partial charge in [0, 0.05) is 16.5 Å². The Morgan fingerprint density at radius 1 is 1.11 bits per heavy atom. The van der Waals surface area contributed by atoms with Gasteiger partial charge in [-0.3, -0.25) is 4.79 Å². The average molecular weight is 376 g/mol. The maximum absolute atomic E-state index is 13.1. The van der Waals surface area contributed by atoms with E-state index in [9.17, 15) is 22.8 Å². The van der Waals surface area contributed by atoms with E-state index in [1.807, 2.05) is 0 Å². The molecule has 0 spiro atoms. The maximum atomic E-state index is 13.1. The molecule has 0 aliphatic carbocycles. The quantitative estimate of drug-likeness (QED) is 0.653. The van der Waals surface area contributed by atoms with Gasteiger partial charge >= 0.3 is 12.1 Å². The third-order valence-corrected chi connectivity index (χ3v) is 3.88. The molecular weight excluding hydrogens is 361 g/mol. The lowest BCUT2D eigenvalue weighted by molar-refractivity contribution is -0.137. The van der Waals surface area contributed by atoms with Gasteiger partial charge in [-0.1, -0.05) is 18.2 Å². The van der Waals surface area contributed by atoms with Crippen LogP contribution in [-0.2, 0) is 10.9 Å². The van der Waals surface area contributed by atoms with Gasteiger partial charge < -0.3 is 15.0 Å². The normalized spacial score (nSPS) is 11.4. The summed E-state index contributed by atoms with van der Waals surface area (Å²) in [4.78, 5) is 27.4. The summed E-state index contributed by atoms with van der Waals surface area (Å²) in [5.74, 6) is -1.33. The van der Waals surface area contributed by atoms with E-state index in [0.717, 1.165) is 12.1 Å². The van der Waals surface area contributed by atoms with Crippen molar-refractivity contribution in [3.63, 3.8) is 0 Å². The highest BCUT2D eigenvalue weighted by atomic mass is 19.4. The molecule has 0 atom stereocenters. The highest BCUT2D eigenvalue weighted by Gasteiger charge is 2.32. The molecule has 2 N–H and O–H groups in total. The largest absolute Gasteiger partial charge is 0.461 e. The molecule has 2 aromatic carbocycles. The zero-order valence-electron chi connectivity index (χ0n) is 14.2. The Morgan fingerprint density at radius 3 is 2.44 bits per heavy atom. The molecule has 0 saturated heterocycles. The molecule has 140 valence electrons. The van der Waals surface area contributed by atoms with Crippen LogP contribution < -0.4 is 5.32 Å². The molecule has 5 nitrogen and oxygen atoms in total. The van der Waals surface area contributed by atoms with Gasteiger partial charge in [-0.25, -0.2) is 4.79 Å². The number of carbonyl (C=O) groups is 2. The average Bonchev–Trinajstić information content (AvgIpc) is 3.00. The fourth-order valence-corrected chi connectivity index (χ4v) is 2.63. The number of nitrogens with one attached hydrogen (secondary N) is 2. The van der Waals surface area contributed by atoms with E-state index in [-0.39, 0.29) is 28.9 Å². The van der Waals surface area contributed by atoms with E-state index in [4.69, 9.17) is 4.74 Å². The summed E-state index contributed by atoms with van der Waals surface area (Å²) in [5.41, 5.74) is -0.485. The fourth-order valence-electron chi connectivity index (χ4n) is 2.63. The van der Waals surface area contributed by atoms with Crippen molar-refractivity contribution in [3.8, 4) is 0 Å². The third-order valence-electron chi connectivity index (χ3n) is 3.88. The zero-order chi connectivity index (χ0) is 19.6. The molecule has 8 heteroatoms. The van der Waals surface area contributed by atoms with E-state index >= 15 is 0 Å².